The summed E-state index contributed by atoms with van der Waals surface area (Å²) >= 11 is 5.97. The quantitative estimate of drug-likeness (QED) is 0.910. The van der Waals surface area contributed by atoms with E-state index in [0.717, 1.165) is 11.4 Å². The largest absolute Gasteiger partial charge is 0.467 e. The molecule has 0 atom stereocenters. The summed E-state index contributed by atoms with van der Waals surface area (Å²) in [4.78, 5) is 16.4. The van der Waals surface area contributed by atoms with Gasteiger partial charge in [0.2, 0.25) is 0 Å². The van der Waals surface area contributed by atoms with E-state index >= 15 is 0 Å². The molecule has 2 heterocycles. The van der Waals surface area contributed by atoms with Gasteiger partial charge in [-0.1, -0.05) is 11.6 Å². The number of nitrogens with one attached hydrogen (secondary N) is 1. The molecule has 1 N–H and O–H groups in total. The minimum absolute atomic E-state index is 0.261. The van der Waals surface area contributed by atoms with Gasteiger partial charge in [0.25, 0.3) is 0 Å². The zero-order valence-corrected chi connectivity index (χ0v) is 10.8. The molecule has 0 bridgehead atoms. The maximum Gasteiger partial charge on any atom is 0.318 e. The molecule has 18 heavy (non-hydrogen) atoms. The Bertz CT molecular complexity index is 531. The maximum absolute atomic E-state index is 5.97. The summed E-state index contributed by atoms with van der Waals surface area (Å²) in [6.07, 6.45) is 4.89. The molecular weight excluding hydrogens is 254 g/mol. The highest BCUT2D eigenvalue weighted by molar-refractivity contribution is 6.32. The average molecular weight is 266 g/mol. The van der Waals surface area contributed by atoms with Gasteiger partial charge < -0.3 is 10.1 Å². The zero-order chi connectivity index (χ0) is 13.0. The second-order valence-corrected chi connectivity index (χ2v) is 3.96. The second-order valence-electron chi connectivity index (χ2n) is 3.56. The van der Waals surface area contributed by atoms with Gasteiger partial charge in [0.15, 0.2) is 5.82 Å². The molecule has 0 aliphatic carbocycles. The Morgan fingerprint density at radius 3 is 2.72 bits per heavy atom. The highest BCUT2D eigenvalue weighted by Crippen LogP contribution is 2.20. The van der Waals surface area contributed by atoms with Crippen LogP contribution in [0.25, 0.3) is 0 Å². The number of aromatic nitrogens is 4. The first kappa shape index (κ1) is 12.5. The standard InChI is InChI=1S/C11H12ClN5O/c1-7-3-14-8(4-13-7)5-15-10-9(12)6-16-11(17-10)18-2/h3-4,6H,5H2,1-2H3,(H,15,16,17). The molecule has 7 heteroatoms. The molecule has 0 aromatic carbocycles. The first-order valence-electron chi connectivity index (χ1n) is 5.27. The van der Waals surface area contributed by atoms with Crippen LogP contribution in [0.15, 0.2) is 18.6 Å². The van der Waals surface area contributed by atoms with E-state index in [9.17, 15) is 0 Å². The topological polar surface area (TPSA) is 72.8 Å². The van der Waals surface area contributed by atoms with Gasteiger partial charge in [-0.25, -0.2) is 4.98 Å². The summed E-state index contributed by atoms with van der Waals surface area (Å²) < 4.78 is 4.93. The Hall–Kier alpha value is -1.95. The van der Waals surface area contributed by atoms with Crippen LogP contribution in [0.3, 0.4) is 0 Å². The SMILES string of the molecule is COc1ncc(Cl)c(NCc2cnc(C)cn2)n1. The van der Waals surface area contributed by atoms with Crippen LogP contribution in [0.1, 0.15) is 11.4 Å². The normalized spacial score (nSPS) is 10.2. The van der Waals surface area contributed by atoms with Gasteiger partial charge in [-0.15, -0.1) is 0 Å². The number of hydrogen-bond donors (Lipinski definition) is 1. The lowest BCUT2D eigenvalue weighted by Crippen LogP contribution is -2.05. The lowest BCUT2D eigenvalue weighted by Gasteiger charge is -2.07. The van der Waals surface area contributed by atoms with Crippen LogP contribution in [0, 0.1) is 6.92 Å². The Morgan fingerprint density at radius 2 is 2.06 bits per heavy atom. The van der Waals surface area contributed by atoms with Crippen molar-refractivity contribution < 1.29 is 4.74 Å². The number of nitrogens with zero attached hydrogens (tertiary/aromatic N) is 4. The number of halogens is 1. The Labute approximate surface area is 109 Å². The molecule has 2 aromatic heterocycles. The molecular formula is C11H12ClN5O. The fourth-order valence-corrected chi connectivity index (χ4v) is 1.42. The van der Waals surface area contributed by atoms with E-state index in [1.807, 2.05) is 6.92 Å². The molecule has 0 amide bonds. The van der Waals surface area contributed by atoms with Gasteiger partial charge >= 0.3 is 6.01 Å². The minimum atomic E-state index is 0.261. The third kappa shape index (κ3) is 3.04. The van der Waals surface area contributed by atoms with E-state index < -0.39 is 0 Å². The van der Waals surface area contributed by atoms with Crippen LogP contribution in [0.2, 0.25) is 5.02 Å². The predicted molar refractivity (Wildman–Crippen MR) is 67.7 cm³/mol. The first-order valence-corrected chi connectivity index (χ1v) is 5.65. The van der Waals surface area contributed by atoms with Crippen molar-refractivity contribution in [3.8, 4) is 6.01 Å². The molecule has 2 rings (SSSR count). The molecule has 0 radical (unpaired) electrons. The smallest absolute Gasteiger partial charge is 0.318 e. The van der Waals surface area contributed by atoms with E-state index in [4.69, 9.17) is 16.3 Å². The van der Waals surface area contributed by atoms with Crippen molar-refractivity contribution in [3.05, 3.63) is 35.0 Å². The first-order chi connectivity index (χ1) is 8.69. The predicted octanol–water partition coefficient (Wildman–Crippen LogP) is 1.85. The van der Waals surface area contributed by atoms with E-state index in [1.54, 1.807) is 12.4 Å². The van der Waals surface area contributed by atoms with Gasteiger partial charge in [0.05, 0.1) is 37.4 Å². The van der Waals surface area contributed by atoms with Gasteiger partial charge in [-0.05, 0) is 6.92 Å². The summed E-state index contributed by atoms with van der Waals surface area (Å²) in [5.74, 6) is 0.505. The monoisotopic (exact) mass is 265 g/mol. The lowest BCUT2D eigenvalue weighted by atomic mass is 10.4. The molecule has 0 aliphatic heterocycles. The van der Waals surface area contributed by atoms with Crippen LogP contribution in [0.4, 0.5) is 5.82 Å². The van der Waals surface area contributed by atoms with Crippen LogP contribution < -0.4 is 10.1 Å². The summed E-state index contributed by atoms with van der Waals surface area (Å²) in [6.45, 7) is 2.36. The van der Waals surface area contributed by atoms with Crippen LogP contribution in [0.5, 0.6) is 6.01 Å². The van der Waals surface area contributed by atoms with E-state index in [2.05, 4.69) is 25.3 Å². The Balaban J connectivity index is 2.07. The molecule has 0 unspecified atom stereocenters. The van der Waals surface area contributed by atoms with Crippen molar-refractivity contribution in [2.75, 3.05) is 12.4 Å². The van der Waals surface area contributed by atoms with Gasteiger partial charge in [-0.3, -0.25) is 9.97 Å². The second kappa shape index (κ2) is 5.59. The highest BCUT2D eigenvalue weighted by atomic mass is 35.5. The van der Waals surface area contributed by atoms with E-state index in [1.165, 1.54) is 13.3 Å². The molecule has 94 valence electrons. The van der Waals surface area contributed by atoms with Crippen LogP contribution >= 0.6 is 11.6 Å². The van der Waals surface area contributed by atoms with Crippen molar-refractivity contribution in [3.63, 3.8) is 0 Å². The molecule has 0 saturated carbocycles. The summed E-state index contributed by atoms with van der Waals surface area (Å²) in [7, 11) is 1.50. The molecule has 6 nitrogen and oxygen atoms in total. The average Bonchev–Trinajstić information content (AvgIpc) is 2.40. The van der Waals surface area contributed by atoms with Gasteiger partial charge in [0, 0.05) is 6.20 Å². The van der Waals surface area contributed by atoms with Crippen molar-refractivity contribution in [1.82, 2.24) is 19.9 Å². The fraction of sp³-hybridized carbons (Fsp3) is 0.273. The number of aryl methyl sites for hydroxylation is 1. The van der Waals surface area contributed by atoms with Crippen LogP contribution in [-0.4, -0.2) is 27.0 Å². The van der Waals surface area contributed by atoms with Crippen molar-refractivity contribution in [2.24, 2.45) is 0 Å². The Kier molecular flexibility index (Phi) is 3.88. The number of methoxy groups -OCH3 is 1. The van der Waals surface area contributed by atoms with E-state index in [-0.39, 0.29) is 6.01 Å². The summed E-state index contributed by atoms with van der Waals surface area (Å²) in [5, 5.41) is 3.48. The van der Waals surface area contributed by atoms with Crippen molar-refractivity contribution in [1.29, 1.82) is 0 Å². The maximum atomic E-state index is 5.97. The minimum Gasteiger partial charge on any atom is -0.467 e. The van der Waals surface area contributed by atoms with Gasteiger partial charge in [-0.2, -0.15) is 4.98 Å². The third-order valence-electron chi connectivity index (χ3n) is 2.18. The molecule has 0 aliphatic rings. The fourth-order valence-electron chi connectivity index (χ4n) is 1.26. The molecule has 0 saturated heterocycles. The molecule has 0 fully saturated rings. The number of anilines is 1. The van der Waals surface area contributed by atoms with Gasteiger partial charge in [0.1, 0.15) is 5.02 Å². The van der Waals surface area contributed by atoms with Crippen molar-refractivity contribution >= 4 is 17.4 Å². The number of rotatable bonds is 4. The molecule has 2 aromatic rings. The van der Waals surface area contributed by atoms with Crippen molar-refractivity contribution in [2.45, 2.75) is 13.5 Å². The van der Waals surface area contributed by atoms with Crippen LogP contribution in [-0.2, 0) is 6.54 Å². The zero-order valence-electron chi connectivity index (χ0n) is 10.0. The van der Waals surface area contributed by atoms with E-state index in [0.29, 0.717) is 17.4 Å². The summed E-state index contributed by atoms with van der Waals surface area (Å²) in [6, 6.07) is 0.261. The third-order valence-corrected chi connectivity index (χ3v) is 2.45. The molecule has 0 spiro atoms. The Morgan fingerprint density at radius 1 is 1.22 bits per heavy atom. The lowest BCUT2D eigenvalue weighted by molar-refractivity contribution is 0.380. The highest BCUT2D eigenvalue weighted by Gasteiger charge is 2.05. The number of hydrogen-bond acceptors (Lipinski definition) is 6. The number of ether oxygens (including phenoxy) is 1. The summed E-state index contributed by atoms with van der Waals surface area (Å²) in [5.41, 5.74) is 1.68.